The molecule has 0 aliphatic carbocycles. The Hall–Kier alpha value is -3.63. The second-order valence-corrected chi connectivity index (χ2v) is 11.0. The molecule has 4 rings (SSSR count). The van der Waals surface area contributed by atoms with Crippen molar-refractivity contribution in [2.45, 2.75) is 44.6 Å². The van der Waals surface area contributed by atoms with Crippen LogP contribution in [0.15, 0.2) is 57.7 Å². The van der Waals surface area contributed by atoms with Crippen LogP contribution in [0.2, 0.25) is 0 Å². The summed E-state index contributed by atoms with van der Waals surface area (Å²) in [7, 11) is 2.11. The molecule has 1 aliphatic heterocycles. The van der Waals surface area contributed by atoms with E-state index < -0.39 is 5.91 Å². The maximum atomic E-state index is 12.9. The Morgan fingerprint density at radius 1 is 1.12 bits per heavy atom. The average Bonchev–Trinajstić information content (AvgIpc) is 2.98. The van der Waals surface area contributed by atoms with Crippen LogP contribution in [0, 0.1) is 0 Å². The topological polar surface area (TPSA) is 112 Å². The maximum Gasteiger partial charge on any atom is 0.287 e. The minimum Gasteiger partial charge on any atom is -0.451 e. The highest BCUT2D eigenvalue weighted by molar-refractivity contribution is 7.99. The third-order valence-corrected chi connectivity index (χ3v) is 7.91. The van der Waals surface area contributed by atoms with Crippen LogP contribution in [-0.4, -0.2) is 67.4 Å². The van der Waals surface area contributed by atoms with Gasteiger partial charge >= 0.3 is 0 Å². The molecule has 0 radical (unpaired) electrons. The van der Waals surface area contributed by atoms with E-state index in [0.29, 0.717) is 36.4 Å². The Labute approximate surface area is 244 Å². The van der Waals surface area contributed by atoms with Gasteiger partial charge in [-0.15, -0.1) is 0 Å². The predicted octanol–water partition coefficient (Wildman–Crippen LogP) is 4.42. The minimum atomic E-state index is -0.595. The Kier molecular flexibility index (Phi) is 11.0. The lowest BCUT2D eigenvalue weighted by atomic mass is 9.86. The van der Waals surface area contributed by atoms with Gasteiger partial charge in [-0.2, -0.15) is 0 Å². The molecule has 0 spiro atoms. The smallest absolute Gasteiger partial charge is 0.287 e. The van der Waals surface area contributed by atoms with Gasteiger partial charge in [0.2, 0.25) is 5.91 Å². The molecule has 41 heavy (non-hydrogen) atoms. The SMILES string of the molecule is CSNc1ccc2oc(C(=O)NCC(=O)N3CCC(c4ccccc4CN(C)CCCCC=O)CC3)cc(=O)c2c1. The van der Waals surface area contributed by atoms with Gasteiger partial charge in [-0.05, 0) is 74.5 Å². The normalized spacial score (nSPS) is 13.9. The number of fused-ring (bicyclic) bond motifs is 1. The van der Waals surface area contributed by atoms with Crippen LogP contribution in [-0.2, 0) is 16.1 Å². The van der Waals surface area contributed by atoms with Crippen molar-refractivity contribution in [1.82, 2.24) is 15.1 Å². The molecule has 0 unspecified atom stereocenters. The molecule has 218 valence electrons. The Morgan fingerprint density at radius 2 is 1.90 bits per heavy atom. The highest BCUT2D eigenvalue weighted by Gasteiger charge is 2.26. The number of hydrogen-bond donors (Lipinski definition) is 2. The van der Waals surface area contributed by atoms with Gasteiger partial charge in [0, 0.05) is 44.1 Å². The van der Waals surface area contributed by atoms with Crippen LogP contribution < -0.4 is 15.5 Å². The van der Waals surface area contributed by atoms with E-state index in [0.717, 1.165) is 56.8 Å². The fraction of sp³-hybridized carbons (Fsp3) is 0.419. The van der Waals surface area contributed by atoms with Crippen molar-refractivity contribution in [1.29, 1.82) is 0 Å². The van der Waals surface area contributed by atoms with Crippen molar-refractivity contribution >= 4 is 46.7 Å². The minimum absolute atomic E-state index is 0.120. The van der Waals surface area contributed by atoms with E-state index in [1.807, 2.05) is 6.26 Å². The number of carbonyl (C=O) groups is 3. The molecule has 0 bridgehead atoms. The molecule has 1 saturated heterocycles. The van der Waals surface area contributed by atoms with Crippen molar-refractivity contribution in [3.8, 4) is 0 Å². The van der Waals surface area contributed by atoms with Gasteiger partial charge < -0.3 is 29.1 Å². The molecule has 2 N–H and O–H groups in total. The van der Waals surface area contributed by atoms with Crippen LogP contribution in [0.1, 0.15) is 59.7 Å². The Balaban J connectivity index is 1.29. The van der Waals surface area contributed by atoms with Gasteiger partial charge in [-0.3, -0.25) is 14.4 Å². The Morgan fingerprint density at radius 3 is 2.66 bits per heavy atom. The zero-order chi connectivity index (χ0) is 29.2. The van der Waals surface area contributed by atoms with Crippen LogP contribution in [0.4, 0.5) is 5.69 Å². The highest BCUT2D eigenvalue weighted by Crippen LogP contribution is 2.31. The molecule has 0 saturated carbocycles. The molecule has 9 nitrogen and oxygen atoms in total. The monoisotopic (exact) mass is 578 g/mol. The molecule has 2 heterocycles. The summed E-state index contributed by atoms with van der Waals surface area (Å²) in [5, 5.41) is 2.99. The van der Waals surface area contributed by atoms with E-state index in [1.54, 1.807) is 23.1 Å². The number of unbranched alkanes of at least 4 members (excludes halogenated alkanes) is 2. The van der Waals surface area contributed by atoms with Gasteiger partial charge in [-0.25, -0.2) is 0 Å². The first kappa shape index (κ1) is 30.3. The molecular formula is C31H38N4O5S. The summed E-state index contributed by atoms with van der Waals surface area (Å²) in [4.78, 5) is 52.8. The van der Waals surface area contributed by atoms with E-state index >= 15 is 0 Å². The highest BCUT2D eigenvalue weighted by atomic mass is 32.2. The summed E-state index contributed by atoms with van der Waals surface area (Å²) < 4.78 is 8.72. The molecule has 1 fully saturated rings. The quantitative estimate of drug-likeness (QED) is 0.174. The number of carbonyl (C=O) groups excluding carboxylic acids is 3. The Bertz CT molecular complexity index is 1420. The van der Waals surface area contributed by atoms with Crippen molar-refractivity contribution in [3.05, 3.63) is 75.6 Å². The number of aldehydes is 1. The second-order valence-electron chi connectivity index (χ2n) is 10.4. The number of rotatable bonds is 13. The van der Waals surface area contributed by atoms with E-state index in [1.165, 1.54) is 23.1 Å². The van der Waals surface area contributed by atoms with E-state index in [9.17, 15) is 19.2 Å². The van der Waals surface area contributed by atoms with Gasteiger partial charge in [0.1, 0.15) is 11.9 Å². The lowest BCUT2D eigenvalue weighted by Gasteiger charge is -2.33. The van der Waals surface area contributed by atoms with Crippen LogP contribution in [0.3, 0.4) is 0 Å². The van der Waals surface area contributed by atoms with E-state index in [2.05, 4.69) is 46.3 Å². The van der Waals surface area contributed by atoms with Crippen LogP contribution >= 0.6 is 11.9 Å². The molecule has 3 aromatic rings. The third-order valence-electron chi connectivity index (χ3n) is 7.47. The summed E-state index contributed by atoms with van der Waals surface area (Å²) in [6.45, 7) is 2.87. The van der Waals surface area contributed by atoms with Crippen molar-refractivity contribution < 1.29 is 18.8 Å². The standard InChI is InChI=1S/C31H38N4O5S/c1-34(14-6-3-7-17-36)21-23-8-4-5-9-25(23)22-12-15-35(16-13-22)30(38)20-32-31(39)29-19-27(37)26-18-24(33-41-2)10-11-28(26)40-29/h4-5,8-11,17-19,22,33H,3,6-7,12-16,20-21H2,1-2H3,(H,32,39). The maximum absolute atomic E-state index is 12.9. The van der Waals surface area contributed by atoms with Gasteiger partial charge in [0.05, 0.1) is 11.9 Å². The lowest BCUT2D eigenvalue weighted by molar-refractivity contribution is -0.131. The number of anilines is 1. The third kappa shape index (κ3) is 8.20. The largest absolute Gasteiger partial charge is 0.451 e. The molecule has 2 amide bonds. The van der Waals surface area contributed by atoms with Gasteiger partial charge in [0.15, 0.2) is 11.2 Å². The fourth-order valence-electron chi connectivity index (χ4n) is 5.30. The molecule has 1 aromatic heterocycles. The lowest BCUT2D eigenvalue weighted by Crippen LogP contribution is -2.44. The van der Waals surface area contributed by atoms with E-state index in [-0.39, 0.29) is 23.6 Å². The average molecular weight is 579 g/mol. The fourth-order valence-corrected chi connectivity index (χ4v) is 5.66. The first-order valence-electron chi connectivity index (χ1n) is 14.0. The molecular weight excluding hydrogens is 540 g/mol. The first-order valence-corrected chi connectivity index (χ1v) is 15.2. The summed E-state index contributed by atoms with van der Waals surface area (Å²) in [5.74, 6) is -0.504. The number of nitrogens with zero attached hydrogens (tertiary/aromatic N) is 2. The number of piperidine rings is 1. The first-order chi connectivity index (χ1) is 19.9. The summed E-state index contributed by atoms with van der Waals surface area (Å²) in [6.07, 6.45) is 7.09. The predicted molar refractivity (Wildman–Crippen MR) is 163 cm³/mol. The number of amides is 2. The molecule has 10 heteroatoms. The summed E-state index contributed by atoms with van der Waals surface area (Å²) in [5.41, 5.74) is 3.39. The summed E-state index contributed by atoms with van der Waals surface area (Å²) >= 11 is 1.41. The number of benzene rings is 2. The van der Waals surface area contributed by atoms with Crippen molar-refractivity contribution in [2.24, 2.45) is 0 Å². The molecule has 0 atom stereocenters. The zero-order valence-electron chi connectivity index (χ0n) is 23.7. The van der Waals surface area contributed by atoms with Gasteiger partial charge in [0.25, 0.3) is 5.91 Å². The zero-order valence-corrected chi connectivity index (χ0v) is 24.5. The number of hydrogen-bond acceptors (Lipinski definition) is 8. The van der Waals surface area contributed by atoms with Crippen LogP contribution in [0.5, 0.6) is 0 Å². The molecule has 2 aromatic carbocycles. The van der Waals surface area contributed by atoms with Crippen molar-refractivity contribution in [2.75, 3.05) is 44.2 Å². The number of nitrogens with one attached hydrogen (secondary N) is 2. The van der Waals surface area contributed by atoms with Crippen LogP contribution in [0.25, 0.3) is 11.0 Å². The summed E-state index contributed by atoms with van der Waals surface area (Å²) in [6, 6.07) is 14.8. The number of likely N-dealkylation sites (tertiary alicyclic amines) is 1. The van der Waals surface area contributed by atoms with E-state index in [4.69, 9.17) is 4.42 Å². The van der Waals surface area contributed by atoms with Gasteiger partial charge in [-0.1, -0.05) is 36.2 Å². The second kappa shape index (κ2) is 14.8. The van der Waals surface area contributed by atoms with Crippen molar-refractivity contribution in [3.63, 3.8) is 0 Å². The molecule has 1 aliphatic rings.